The largest absolute Gasteiger partial charge is 0.494 e. The maximum absolute atomic E-state index is 6.68. The third kappa shape index (κ3) is 2.44. The average molecular weight is 267 g/mol. The van der Waals surface area contributed by atoms with Crippen LogP contribution in [0.25, 0.3) is 0 Å². The summed E-state index contributed by atoms with van der Waals surface area (Å²) in [5.41, 5.74) is 10.5. The van der Waals surface area contributed by atoms with Gasteiger partial charge in [0.1, 0.15) is 5.75 Å². The Morgan fingerprint density at radius 1 is 1.05 bits per heavy atom. The Labute approximate surface area is 120 Å². The zero-order valence-corrected chi connectivity index (χ0v) is 11.9. The van der Waals surface area contributed by atoms with E-state index in [9.17, 15) is 0 Å². The van der Waals surface area contributed by atoms with E-state index in [1.807, 2.05) is 19.1 Å². The molecule has 2 aromatic carbocycles. The van der Waals surface area contributed by atoms with Gasteiger partial charge in [0.2, 0.25) is 0 Å². The zero-order chi connectivity index (χ0) is 14.0. The second kappa shape index (κ2) is 5.29. The summed E-state index contributed by atoms with van der Waals surface area (Å²) in [6.45, 7) is 2.69. The molecule has 2 aromatic rings. The number of aryl methyl sites for hydroxylation is 1. The second-order valence-electron chi connectivity index (χ2n) is 5.56. The van der Waals surface area contributed by atoms with Crippen LogP contribution in [0.3, 0.4) is 0 Å². The van der Waals surface area contributed by atoms with Crippen LogP contribution in [0, 0.1) is 0 Å². The summed E-state index contributed by atoms with van der Waals surface area (Å²) >= 11 is 0. The van der Waals surface area contributed by atoms with Gasteiger partial charge in [0.05, 0.1) is 6.61 Å². The van der Waals surface area contributed by atoms with Crippen molar-refractivity contribution in [2.75, 3.05) is 6.61 Å². The fraction of sp³-hybridized carbons (Fsp3) is 0.333. The van der Waals surface area contributed by atoms with Crippen LogP contribution in [0.2, 0.25) is 0 Å². The first kappa shape index (κ1) is 13.2. The molecule has 0 bridgehead atoms. The van der Waals surface area contributed by atoms with Gasteiger partial charge >= 0.3 is 0 Å². The molecule has 0 spiro atoms. The van der Waals surface area contributed by atoms with Crippen molar-refractivity contribution in [1.82, 2.24) is 0 Å². The highest BCUT2D eigenvalue weighted by Crippen LogP contribution is 2.34. The number of nitrogens with two attached hydrogens (primary N) is 1. The van der Waals surface area contributed by atoms with Crippen LogP contribution in [-0.4, -0.2) is 6.61 Å². The molecule has 1 aliphatic carbocycles. The van der Waals surface area contributed by atoms with Crippen LogP contribution < -0.4 is 10.5 Å². The van der Waals surface area contributed by atoms with Crippen molar-refractivity contribution in [3.05, 3.63) is 65.2 Å². The van der Waals surface area contributed by atoms with E-state index in [2.05, 4.69) is 36.4 Å². The fourth-order valence-electron chi connectivity index (χ4n) is 3.06. The van der Waals surface area contributed by atoms with Gasteiger partial charge in [-0.1, -0.05) is 36.4 Å². The minimum atomic E-state index is -0.251. The van der Waals surface area contributed by atoms with Crippen LogP contribution in [0.15, 0.2) is 48.5 Å². The van der Waals surface area contributed by atoms with Crippen LogP contribution in [0.5, 0.6) is 5.75 Å². The molecule has 0 fully saturated rings. The molecule has 0 aromatic heterocycles. The molecular weight excluding hydrogens is 246 g/mol. The number of fused-ring (bicyclic) bond motifs is 1. The zero-order valence-electron chi connectivity index (χ0n) is 11.9. The maximum Gasteiger partial charge on any atom is 0.119 e. The van der Waals surface area contributed by atoms with E-state index in [0.717, 1.165) is 25.0 Å². The molecule has 0 amide bonds. The fourth-order valence-corrected chi connectivity index (χ4v) is 3.06. The molecule has 0 aliphatic heterocycles. The molecule has 2 heteroatoms. The SMILES string of the molecule is CCOc1ccc(C2(N)CCc3ccccc3C2)cc1. The average Bonchev–Trinajstić information content (AvgIpc) is 2.48. The summed E-state index contributed by atoms with van der Waals surface area (Å²) in [7, 11) is 0. The molecule has 104 valence electrons. The monoisotopic (exact) mass is 267 g/mol. The van der Waals surface area contributed by atoms with Gasteiger partial charge in [0.15, 0.2) is 0 Å². The number of benzene rings is 2. The molecule has 0 saturated heterocycles. The van der Waals surface area contributed by atoms with Crippen LogP contribution in [0.1, 0.15) is 30.0 Å². The Kier molecular flexibility index (Phi) is 3.49. The van der Waals surface area contributed by atoms with E-state index in [4.69, 9.17) is 10.5 Å². The summed E-state index contributed by atoms with van der Waals surface area (Å²) in [5, 5.41) is 0. The predicted molar refractivity (Wildman–Crippen MR) is 81.9 cm³/mol. The Morgan fingerprint density at radius 2 is 1.75 bits per heavy atom. The third-order valence-electron chi connectivity index (χ3n) is 4.20. The van der Waals surface area contributed by atoms with Gasteiger partial charge in [-0.25, -0.2) is 0 Å². The number of ether oxygens (including phenoxy) is 1. The summed E-state index contributed by atoms with van der Waals surface area (Å²) < 4.78 is 5.50. The third-order valence-corrected chi connectivity index (χ3v) is 4.20. The van der Waals surface area contributed by atoms with Gasteiger partial charge in [-0.2, -0.15) is 0 Å². The Morgan fingerprint density at radius 3 is 2.45 bits per heavy atom. The van der Waals surface area contributed by atoms with Crippen molar-refractivity contribution in [1.29, 1.82) is 0 Å². The van der Waals surface area contributed by atoms with Gasteiger partial charge < -0.3 is 10.5 Å². The molecule has 20 heavy (non-hydrogen) atoms. The molecule has 3 rings (SSSR count). The molecule has 1 aliphatic rings. The van der Waals surface area contributed by atoms with Crippen molar-refractivity contribution in [3.8, 4) is 5.75 Å². The highest BCUT2D eigenvalue weighted by atomic mass is 16.5. The van der Waals surface area contributed by atoms with Gasteiger partial charge in [-0.15, -0.1) is 0 Å². The van der Waals surface area contributed by atoms with Crippen LogP contribution in [-0.2, 0) is 18.4 Å². The van der Waals surface area contributed by atoms with Gasteiger partial charge in [-0.05, 0) is 55.0 Å². The quantitative estimate of drug-likeness (QED) is 0.924. The normalized spacial score (nSPS) is 21.3. The first-order chi connectivity index (χ1) is 9.71. The first-order valence-electron chi connectivity index (χ1n) is 7.30. The summed E-state index contributed by atoms with van der Waals surface area (Å²) in [4.78, 5) is 0. The van der Waals surface area contributed by atoms with E-state index in [-0.39, 0.29) is 5.54 Å². The van der Waals surface area contributed by atoms with E-state index in [0.29, 0.717) is 6.61 Å². The Bertz CT molecular complexity index is 591. The molecule has 1 atom stereocenters. The minimum absolute atomic E-state index is 0.251. The highest BCUT2D eigenvalue weighted by Gasteiger charge is 2.31. The first-order valence-corrected chi connectivity index (χ1v) is 7.30. The van der Waals surface area contributed by atoms with Gasteiger partial charge in [0.25, 0.3) is 0 Å². The summed E-state index contributed by atoms with van der Waals surface area (Å²) in [6.07, 6.45) is 2.97. The van der Waals surface area contributed by atoms with Crippen LogP contribution in [0.4, 0.5) is 0 Å². The molecule has 2 N–H and O–H groups in total. The number of rotatable bonds is 3. The van der Waals surface area contributed by atoms with E-state index < -0.39 is 0 Å². The second-order valence-corrected chi connectivity index (χ2v) is 5.56. The minimum Gasteiger partial charge on any atom is -0.494 e. The van der Waals surface area contributed by atoms with Crippen molar-refractivity contribution in [2.24, 2.45) is 5.73 Å². The lowest BCUT2D eigenvalue weighted by atomic mass is 9.74. The van der Waals surface area contributed by atoms with E-state index in [1.165, 1.54) is 16.7 Å². The molecule has 2 nitrogen and oxygen atoms in total. The number of hydrogen-bond acceptors (Lipinski definition) is 2. The lowest BCUT2D eigenvalue weighted by Crippen LogP contribution is -2.42. The Balaban J connectivity index is 1.86. The van der Waals surface area contributed by atoms with Crippen LogP contribution >= 0.6 is 0 Å². The summed E-state index contributed by atoms with van der Waals surface area (Å²) in [5.74, 6) is 0.913. The highest BCUT2D eigenvalue weighted by molar-refractivity contribution is 5.38. The van der Waals surface area contributed by atoms with E-state index >= 15 is 0 Å². The van der Waals surface area contributed by atoms with Crippen molar-refractivity contribution < 1.29 is 4.74 Å². The van der Waals surface area contributed by atoms with Gasteiger partial charge in [-0.3, -0.25) is 0 Å². The predicted octanol–water partition coefficient (Wildman–Crippen LogP) is 3.43. The molecule has 0 radical (unpaired) electrons. The molecule has 0 saturated carbocycles. The number of hydrogen-bond donors (Lipinski definition) is 1. The van der Waals surface area contributed by atoms with Crippen molar-refractivity contribution >= 4 is 0 Å². The molecule has 1 unspecified atom stereocenters. The van der Waals surface area contributed by atoms with Crippen molar-refractivity contribution in [2.45, 2.75) is 31.7 Å². The maximum atomic E-state index is 6.68. The molecule has 0 heterocycles. The Hall–Kier alpha value is -1.80. The summed E-state index contributed by atoms with van der Waals surface area (Å²) in [6, 6.07) is 16.9. The standard InChI is InChI=1S/C18H21NO/c1-2-20-17-9-7-16(8-10-17)18(19)12-11-14-5-3-4-6-15(14)13-18/h3-10H,2,11-13,19H2,1H3. The van der Waals surface area contributed by atoms with Crippen molar-refractivity contribution in [3.63, 3.8) is 0 Å². The topological polar surface area (TPSA) is 35.2 Å². The molecular formula is C18H21NO. The van der Waals surface area contributed by atoms with Gasteiger partial charge in [0, 0.05) is 5.54 Å². The lowest BCUT2D eigenvalue weighted by molar-refractivity contribution is 0.339. The smallest absolute Gasteiger partial charge is 0.119 e. The lowest BCUT2D eigenvalue weighted by Gasteiger charge is -2.35. The van der Waals surface area contributed by atoms with E-state index in [1.54, 1.807) is 0 Å².